The van der Waals surface area contributed by atoms with Crippen LogP contribution in [0.3, 0.4) is 0 Å². The summed E-state index contributed by atoms with van der Waals surface area (Å²) in [7, 11) is 1.59. The van der Waals surface area contributed by atoms with Crippen LogP contribution in [0.15, 0.2) is 0 Å². The Labute approximate surface area is 225 Å². The molecule has 0 aromatic rings. The van der Waals surface area contributed by atoms with E-state index >= 15 is 0 Å². The third kappa shape index (κ3) is 8.15. The molecule has 3 fully saturated rings. The zero-order valence-electron chi connectivity index (χ0n) is 22.8. The lowest BCUT2D eigenvalue weighted by Gasteiger charge is -2.12. The van der Waals surface area contributed by atoms with Crippen molar-refractivity contribution < 1.29 is 33.5 Å². The summed E-state index contributed by atoms with van der Waals surface area (Å²) in [6.45, 7) is 4.86. The van der Waals surface area contributed by atoms with Gasteiger partial charge in [-0.1, -0.05) is 18.9 Å². The molecule has 5 aliphatic rings. The zero-order valence-corrected chi connectivity index (χ0v) is 22.8. The molecular weight excluding hydrogens is 488 g/mol. The van der Waals surface area contributed by atoms with Crippen molar-refractivity contribution in [2.75, 3.05) is 20.3 Å². The lowest BCUT2D eigenvalue weighted by atomic mass is 10.1. The van der Waals surface area contributed by atoms with E-state index in [0.717, 1.165) is 50.4 Å². The van der Waals surface area contributed by atoms with Crippen LogP contribution in [0.1, 0.15) is 78.1 Å². The quantitative estimate of drug-likeness (QED) is 0.319. The van der Waals surface area contributed by atoms with Gasteiger partial charge in [0.15, 0.2) is 0 Å². The largest absolute Gasteiger partial charge is 0.533 e. The first kappa shape index (κ1) is 29.4. The molecule has 0 spiro atoms. The SMILES string of the molecule is CC.CNC(=O)OCC1[C@H]2CCC#CCC[C@@H]12.O=C(OCC1[C@H]2CCC#CCC[C@@H]12)ON1C(=O)CCC1=O. The highest BCUT2D eigenvalue weighted by Gasteiger charge is 2.50. The fourth-order valence-electron chi connectivity index (χ4n) is 5.73. The van der Waals surface area contributed by atoms with Crippen molar-refractivity contribution in [1.29, 1.82) is 0 Å². The average Bonchev–Trinajstić information content (AvgIpc) is 3.72. The van der Waals surface area contributed by atoms with Crippen molar-refractivity contribution in [3.63, 3.8) is 0 Å². The number of alkyl carbamates (subject to hydrolysis) is 1. The van der Waals surface area contributed by atoms with E-state index in [4.69, 9.17) is 9.47 Å². The fourth-order valence-corrected chi connectivity index (χ4v) is 5.73. The molecule has 0 radical (unpaired) electrons. The average molecular weight is 529 g/mol. The van der Waals surface area contributed by atoms with Gasteiger partial charge in [0.05, 0.1) is 13.2 Å². The summed E-state index contributed by atoms with van der Waals surface area (Å²) in [5.74, 6) is 15.2. The van der Waals surface area contributed by atoms with Gasteiger partial charge in [0.25, 0.3) is 11.8 Å². The van der Waals surface area contributed by atoms with E-state index in [0.29, 0.717) is 35.3 Å². The number of hydrogen-bond donors (Lipinski definition) is 1. The first-order valence-electron chi connectivity index (χ1n) is 14.0. The molecule has 5 rings (SSSR count). The van der Waals surface area contributed by atoms with Crippen molar-refractivity contribution in [1.82, 2.24) is 10.4 Å². The number of ether oxygens (including phenoxy) is 2. The molecule has 1 saturated heterocycles. The lowest BCUT2D eigenvalue weighted by molar-refractivity contribution is -0.177. The molecule has 0 aromatic carbocycles. The van der Waals surface area contributed by atoms with Gasteiger partial charge in [-0.3, -0.25) is 14.4 Å². The molecule has 4 aliphatic carbocycles. The van der Waals surface area contributed by atoms with Crippen molar-refractivity contribution >= 4 is 24.1 Å². The number of nitrogens with one attached hydrogen (secondary N) is 1. The minimum Gasteiger partial charge on any atom is -0.449 e. The molecule has 1 aliphatic heterocycles. The van der Waals surface area contributed by atoms with Crippen LogP contribution in [0.2, 0.25) is 0 Å². The number of amides is 3. The van der Waals surface area contributed by atoms with E-state index in [2.05, 4.69) is 33.8 Å². The number of imide groups is 1. The molecule has 6 atom stereocenters. The maximum Gasteiger partial charge on any atom is 0.533 e. The smallest absolute Gasteiger partial charge is 0.449 e. The molecule has 0 aromatic heterocycles. The Morgan fingerprint density at radius 2 is 1.16 bits per heavy atom. The number of hydroxylamine groups is 2. The van der Waals surface area contributed by atoms with Gasteiger partial charge in [0, 0.05) is 45.6 Å². The monoisotopic (exact) mass is 528 g/mol. The molecule has 9 nitrogen and oxygen atoms in total. The predicted molar refractivity (Wildman–Crippen MR) is 139 cm³/mol. The molecule has 1 N–H and O–H groups in total. The Morgan fingerprint density at radius 3 is 1.55 bits per heavy atom. The van der Waals surface area contributed by atoms with Gasteiger partial charge in [-0.05, 0) is 61.2 Å². The highest BCUT2D eigenvalue weighted by atomic mass is 16.8. The van der Waals surface area contributed by atoms with Gasteiger partial charge in [0.1, 0.15) is 0 Å². The molecule has 2 saturated carbocycles. The van der Waals surface area contributed by atoms with E-state index in [1.54, 1.807) is 7.05 Å². The molecule has 1 heterocycles. The van der Waals surface area contributed by atoms with Gasteiger partial charge in [-0.2, -0.15) is 0 Å². The Morgan fingerprint density at radius 1 is 0.763 bits per heavy atom. The summed E-state index contributed by atoms with van der Waals surface area (Å²) in [5.41, 5.74) is 0. The van der Waals surface area contributed by atoms with Gasteiger partial charge >= 0.3 is 12.2 Å². The molecule has 9 heteroatoms. The Kier molecular flexibility index (Phi) is 11.3. The summed E-state index contributed by atoms with van der Waals surface area (Å²) < 4.78 is 10.1. The van der Waals surface area contributed by atoms with Crippen LogP contribution in [0.4, 0.5) is 9.59 Å². The second-order valence-electron chi connectivity index (χ2n) is 9.93. The minimum atomic E-state index is -0.978. The molecule has 0 bridgehead atoms. The minimum absolute atomic E-state index is 0.0822. The summed E-state index contributed by atoms with van der Waals surface area (Å²) >= 11 is 0. The second kappa shape index (κ2) is 14.7. The van der Waals surface area contributed by atoms with Crippen LogP contribution < -0.4 is 5.32 Å². The molecule has 38 heavy (non-hydrogen) atoms. The summed E-state index contributed by atoms with van der Waals surface area (Å²) in [5, 5.41) is 2.97. The number of carbonyl (C=O) groups excluding carboxylic acids is 4. The lowest BCUT2D eigenvalue weighted by Crippen LogP contribution is -2.32. The van der Waals surface area contributed by atoms with E-state index in [1.165, 1.54) is 12.8 Å². The molecule has 208 valence electrons. The van der Waals surface area contributed by atoms with E-state index < -0.39 is 18.0 Å². The predicted octanol–water partition coefficient (Wildman–Crippen LogP) is 4.45. The number of carbonyl (C=O) groups is 4. The number of rotatable bonds is 5. The van der Waals surface area contributed by atoms with Crippen molar-refractivity contribution in [3.8, 4) is 23.7 Å². The van der Waals surface area contributed by atoms with Crippen LogP contribution in [0.5, 0.6) is 0 Å². The summed E-state index contributed by atoms with van der Waals surface area (Å²) in [6, 6.07) is 0. The number of nitrogens with zero attached hydrogens (tertiary/aromatic N) is 1. The van der Waals surface area contributed by atoms with E-state index in [-0.39, 0.29) is 25.5 Å². The van der Waals surface area contributed by atoms with Crippen LogP contribution >= 0.6 is 0 Å². The third-order valence-electron chi connectivity index (χ3n) is 7.85. The Bertz CT molecular complexity index is 936. The second-order valence-corrected chi connectivity index (χ2v) is 9.93. The molecular formula is C29H40N2O7. The molecule has 3 amide bonds. The Hall–Kier alpha value is -3.20. The zero-order chi connectivity index (χ0) is 27.5. The van der Waals surface area contributed by atoms with Gasteiger partial charge in [-0.15, -0.1) is 23.7 Å². The maximum absolute atomic E-state index is 11.5. The maximum atomic E-state index is 11.5. The van der Waals surface area contributed by atoms with Crippen LogP contribution in [0.25, 0.3) is 0 Å². The van der Waals surface area contributed by atoms with E-state index in [1.807, 2.05) is 13.8 Å². The number of fused-ring (bicyclic) bond motifs is 2. The fraction of sp³-hybridized carbons (Fsp3) is 0.724. The van der Waals surface area contributed by atoms with Crippen LogP contribution in [0, 0.1) is 59.2 Å². The highest BCUT2D eigenvalue weighted by Crippen LogP contribution is 2.53. The summed E-state index contributed by atoms with van der Waals surface area (Å²) in [6.07, 6.45) is 7.15. The summed E-state index contributed by atoms with van der Waals surface area (Å²) in [4.78, 5) is 49.8. The first-order chi connectivity index (χ1) is 18.5. The van der Waals surface area contributed by atoms with Gasteiger partial charge in [0.2, 0.25) is 0 Å². The van der Waals surface area contributed by atoms with E-state index in [9.17, 15) is 19.2 Å². The normalized spacial score (nSPS) is 29.9. The van der Waals surface area contributed by atoms with Crippen molar-refractivity contribution in [3.05, 3.63) is 0 Å². The Balaban J connectivity index is 0.000000208. The highest BCUT2D eigenvalue weighted by molar-refractivity contribution is 6.01. The van der Waals surface area contributed by atoms with Gasteiger partial charge < -0.3 is 14.8 Å². The molecule has 2 unspecified atom stereocenters. The topological polar surface area (TPSA) is 111 Å². The van der Waals surface area contributed by atoms with Crippen LogP contribution in [-0.2, 0) is 23.9 Å². The first-order valence-corrected chi connectivity index (χ1v) is 14.0. The number of hydrogen-bond acceptors (Lipinski definition) is 7. The third-order valence-corrected chi connectivity index (χ3v) is 7.85. The van der Waals surface area contributed by atoms with Crippen molar-refractivity contribution in [2.45, 2.75) is 78.1 Å². The van der Waals surface area contributed by atoms with Crippen molar-refractivity contribution in [2.24, 2.45) is 35.5 Å². The van der Waals surface area contributed by atoms with Gasteiger partial charge in [-0.25, -0.2) is 9.59 Å². The standard InChI is InChI=1S/C15H17NO5.C12H17NO2.C2H6/c17-13-7-8-14(18)16(13)21-15(19)20-9-12-10-5-3-1-2-4-6-11(10)12;1-13-12(14)15-8-11-9-6-4-2-3-5-7-10(9)11;1-2/h10-12H,3-9H2;9-11H,4-8H2,1H3,(H,13,14);1-2H3/t10-,11+,12?;9-,10+,11?;. The van der Waals surface area contributed by atoms with Crippen LogP contribution in [-0.4, -0.2) is 49.4 Å².